The predicted molar refractivity (Wildman–Crippen MR) is 114 cm³/mol. The summed E-state index contributed by atoms with van der Waals surface area (Å²) >= 11 is 0. The molecule has 0 spiro atoms. The van der Waals surface area contributed by atoms with Crippen molar-refractivity contribution in [3.8, 4) is 0 Å². The fourth-order valence-corrected chi connectivity index (χ4v) is 5.20. The van der Waals surface area contributed by atoms with Crippen LogP contribution in [0.2, 0.25) is 0 Å². The summed E-state index contributed by atoms with van der Waals surface area (Å²) in [6, 6.07) is 7.93. The van der Waals surface area contributed by atoms with Gasteiger partial charge < -0.3 is 14.8 Å². The number of ether oxygens (including phenoxy) is 2. The number of morpholine rings is 1. The SMILES string of the molecule is c1nc(NC2CCC(N3CCOCC3)CC2)c2cc(C3CCOCC3)ccc2n1. The molecule has 3 heterocycles. The van der Waals surface area contributed by atoms with Crippen molar-refractivity contribution in [2.45, 2.75) is 56.5 Å². The molecule has 6 heteroatoms. The number of benzene rings is 1. The van der Waals surface area contributed by atoms with Crippen LogP contribution in [0.4, 0.5) is 5.82 Å². The lowest BCUT2D eigenvalue weighted by atomic mass is 9.89. The number of nitrogens with zero attached hydrogens (tertiary/aromatic N) is 3. The van der Waals surface area contributed by atoms with E-state index in [2.05, 4.69) is 38.4 Å². The summed E-state index contributed by atoms with van der Waals surface area (Å²) in [5.74, 6) is 1.59. The Morgan fingerprint density at radius 2 is 1.62 bits per heavy atom. The lowest BCUT2D eigenvalue weighted by Crippen LogP contribution is -2.46. The largest absolute Gasteiger partial charge is 0.381 e. The molecular weight excluding hydrogens is 364 g/mol. The van der Waals surface area contributed by atoms with Crippen LogP contribution in [0, 0.1) is 0 Å². The van der Waals surface area contributed by atoms with E-state index in [0.717, 1.165) is 75.1 Å². The van der Waals surface area contributed by atoms with E-state index >= 15 is 0 Å². The van der Waals surface area contributed by atoms with Crippen molar-refractivity contribution < 1.29 is 9.47 Å². The monoisotopic (exact) mass is 396 g/mol. The maximum atomic E-state index is 5.54. The molecule has 156 valence electrons. The smallest absolute Gasteiger partial charge is 0.137 e. The molecule has 0 bridgehead atoms. The quantitative estimate of drug-likeness (QED) is 0.852. The molecule has 1 N–H and O–H groups in total. The van der Waals surface area contributed by atoms with Crippen LogP contribution in [0.25, 0.3) is 10.9 Å². The minimum atomic E-state index is 0.497. The first-order chi connectivity index (χ1) is 14.4. The standard InChI is InChI=1S/C23H32N4O2/c1-6-22-21(15-18(1)17-7-11-28-12-8-17)23(25-16-24-22)26-19-2-4-20(5-3-19)27-9-13-29-14-10-27/h1,6,15-17,19-20H,2-5,7-14H2,(H,24,25,26). The van der Waals surface area contributed by atoms with Crippen molar-refractivity contribution in [2.75, 3.05) is 44.8 Å². The van der Waals surface area contributed by atoms with Crippen molar-refractivity contribution in [2.24, 2.45) is 0 Å². The fraction of sp³-hybridized carbons (Fsp3) is 0.652. The molecule has 0 amide bonds. The second-order valence-corrected chi connectivity index (χ2v) is 8.68. The molecule has 0 radical (unpaired) electrons. The van der Waals surface area contributed by atoms with Gasteiger partial charge in [0.25, 0.3) is 0 Å². The van der Waals surface area contributed by atoms with Gasteiger partial charge in [-0.1, -0.05) is 6.07 Å². The number of hydrogen-bond donors (Lipinski definition) is 1. The third-order valence-corrected chi connectivity index (χ3v) is 6.95. The molecule has 29 heavy (non-hydrogen) atoms. The molecule has 1 aromatic carbocycles. The maximum Gasteiger partial charge on any atom is 0.137 e. The Morgan fingerprint density at radius 3 is 2.41 bits per heavy atom. The summed E-state index contributed by atoms with van der Waals surface area (Å²) in [5, 5.41) is 4.92. The molecule has 1 aromatic heterocycles. The third-order valence-electron chi connectivity index (χ3n) is 6.95. The molecule has 2 aliphatic heterocycles. The Morgan fingerprint density at radius 1 is 0.862 bits per heavy atom. The van der Waals surface area contributed by atoms with Crippen LogP contribution in [0.1, 0.15) is 50.0 Å². The second kappa shape index (κ2) is 8.94. The van der Waals surface area contributed by atoms with E-state index in [0.29, 0.717) is 12.0 Å². The van der Waals surface area contributed by atoms with Crippen molar-refractivity contribution in [1.82, 2.24) is 14.9 Å². The number of anilines is 1. The minimum absolute atomic E-state index is 0.497. The van der Waals surface area contributed by atoms with Crippen LogP contribution >= 0.6 is 0 Å². The highest BCUT2D eigenvalue weighted by molar-refractivity contribution is 5.89. The number of nitrogens with one attached hydrogen (secondary N) is 1. The highest BCUT2D eigenvalue weighted by atomic mass is 16.5. The van der Waals surface area contributed by atoms with Gasteiger partial charge in [-0.05, 0) is 62.1 Å². The number of rotatable bonds is 4. The van der Waals surface area contributed by atoms with Gasteiger partial charge in [-0.15, -0.1) is 0 Å². The Kier molecular flexibility index (Phi) is 5.92. The number of aromatic nitrogens is 2. The molecule has 3 fully saturated rings. The average Bonchev–Trinajstić information content (AvgIpc) is 2.81. The maximum absolute atomic E-state index is 5.54. The molecule has 3 aliphatic rings. The highest BCUT2D eigenvalue weighted by Crippen LogP contribution is 2.32. The Hall–Kier alpha value is -1.76. The zero-order chi connectivity index (χ0) is 19.5. The van der Waals surface area contributed by atoms with Crippen molar-refractivity contribution in [3.63, 3.8) is 0 Å². The van der Waals surface area contributed by atoms with Gasteiger partial charge in [0, 0.05) is 43.8 Å². The van der Waals surface area contributed by atoms with Crippen LogP contribution in [-0.2, 0) is 9.47 Å². The molecule has 6 nitrogen and oxygen atoms in total. The van der Waals surface area contributed by atoms with E-state index in [9.17, 15) is 0 Å². The van der Waals surface area contributed by atoms with Gasteiger partial charge in [-0.3, -0.25) is 4.90 Å². The molecule has 2 saturated heterocycles. The van der Waals surface area contributed by atoms with Crippen LogP contribution in [0.15, 0.2) is 24.5 Å². The summed E-state index contributed by atoms with van der Waals surface area (Å²) in [6.45, 7) is 5.70. The first kappa shape index (κ1) is 19.2. The average molecular weight is 397 g/mol. The van der Waals surface area contributed by atoms with E-state index in [1.165, 1.54) is 31.2 Å². The van der Waals surface area contributed by atoms with Crippen LogP contribution in [0.5, 0.6) is 0 Å². The fourth-order valence-electron chi connectivity index (χ4n) is 5.20. The molecule has 2 aromatic rings. The van der Waals surface area contributed by atoms with Crippen molar-refractivity contribution in [3.05, 3.63) is 30.1 Å². The minimum Gasteiger partial charge on any atom is -0.381 e. The third kappa shape index (κ3) is 4.39. The summed E-state index contributed by atoms with van der Waals surface area (Å²) in [4.78, 5) is 11.7. The summed E-state index contributed by atoms with van der Waals surface area (Å²) < 4.78 is 11.0. The highest BCUT2D eigenvalue weighted by Gasteiger charge is 2.27. The van der Waals surface area contributed by atoms with Crippen LogP contribution < -0.4 is 5.32 Å². The summed E-state index contributed by atoms with van der Waals surface area (Å²) in [6.07, 6.45) is 8.82. The number of hydrogen-bond acceptors (Lipinski definition) is 6. The van der Waals surface area contributed by atoms with E-state index in [4.69, 9.17) is 9.47 Å². The number of fused-ring (bicyclic) bond motifs is 1. The molecule has 1 saturated carbocycles. The summed E-state index contributed by atoms with van der Waals surface area (Å²) in [7, 11) is 0. The molecule has 5 rings (SSSR count). The Balaban J connectivity index is 1.27. The van der Waals surface area contributed by atoms with Gasteiger partial charge in [-0.2, -0.15) is 0 Å². The molecule has 0 unspecified atom stereocenters. The van der Waals surface area contributed by atoms with E-state index < -0.39 is 0 Å². The van der Waals surface area contributed by atoms with Crippen LogP contribution in [0.3, 0.4) is 0 Å². The van der Waals surface area contributed by atoms with Crippen LogP contribution in [-0.4, -0.2) is 66.5 Å². The topological polar surface area (TPSA) is 59.5 Å². The van der Waals surface area contributed by atoms with E-state index in [1.54, 1.807) is 6.33 Å². The van der Waals surface area contributed by atoms with Gasteiger partial charge in [0.2, 0.25) is 0 Å². The second-order valence-electron chi connectivity index (χ2n) is 8.68. The van der Waals surface area contributed by atoms with E-state index in [-0.39, 0.29) is 0 Å². The zero-order valence-electron chi connectivity index (χ0n) is 17.2. The first-order valence-corrected chi connectivity index (χ1v) is 11.3. The lowest BCUT2D eigenvalue weighted by Gasteiger charge is -2.39. The van der Waals surface area contributed by atoms with Gasteiger partial charge in [0.15, 0.2) is 0 Å². The van der Waals surface area contributed by atoms with Crippen molar-refractivity contribution >= 4 is 16.7 Å². The normalized spacial score (nSPS) is 27.2. The lowest BCUT2D eigenvalue weighted by molar-refractivity contribution is 0.00791. The predicted octanol–water partition coefficient (Wildman–Crippen LogP) is 3.58. The molecular formula is C23H32N4O2. The van der Waals surface area contributed by atoms with E-state index in [1.807, 2.05) is 0 Å². The van der Waals surface area contributed by atoms with Crippen molar-refractivity contribution in [1.29, 1.82) is 0 Å². The van der Waals surface area contributed by atoms with Gasteiger partial charge >= 0.3 is 0 Å². The Labute approximate surface area is 173 Å². The summed E-state index contributed by atoms with van der Waals surface area (Å²) in [5.41, 5.74) is 2.43. The van der Waals surface area contributed by atoms with Gasteiger partial charge in [-0.25, -0.2) is 9.97 Å². The zero-order valence-corrected chi connectivity index (χ0v) is 17.2. The molecule has 1 aliphatic carbocycles. The van der Waals surface area contributed by atoms with Gasteiger partial charge in [0.1, 0.15) is 12.1 Å². The first-order valence-electron chi connectivity index (χ1n) is 11.3. The van der Waals surface area contributed by atoms with Gasteiger partial charge in [0.05, 0.1) is 18.7 Å². The molecule has 0 atom stereocenters. The Bertz CT molecular complexity index is 810.